The zero-order valence-electron chi connectivity index (χ0n) is 10.2. The van der Waals surface area contributed by atoms with Gasteiger partial charge >= 0.3 is 0 Å². The zero-order valence-corrected chi connectivity index (χ0v) is 11.0. The lowest BCUT2D eigenvalue weighted by Gasteiger charge is -2.15. The van der Waals surface area contributed by atoms with E-state index >= 15 is 0 Å². The smallest absolute Gasteiger partial charge is 0.250 e. The molecule has 1 aromatic carbocycles. The Kier molecular flexibility index (Phi) is 5.15. The quantitative estimate of drug-likeness (QED) is 0.675. The number of hydrogen-bond donors (Lipinski definition) is 3. The number of hydrogen-bond acceptors (Lipinski definition) is 4. The zero-order chi connectivity index (χ0) is 12.8. The van der Waals surface area contributed by atoms with Crippen molar-refractivity contribution in [2.75, 3.05) is 29.6 Å². The van der Waals surface area contributed by atoms with Gasteiger partial charge < -0.3 is 16.8 Å². The number of thioether (sulfide) groups is 1. The highest BCUT2D eigenvalue weighted by Crippen LogP contribution is 2.22. The number of para-hydroxylation sites is 1. The van der Waals surface area contributed by atoms with Gasteiger partial charge in [0.05, 0.1) is 16.9 Å². The Bertz CT molecular complexity index is 395. The number of nitrogen functional groups attached to an aromatic ring is 1. The molecular formula is C12H19N3OS. The van der Waals surface area contributed by atoms with Gasteiger partial charge in [0.25, 0.3) is 5.91 Å². The van der Waals surface area contributed by atoms with E-state index in [0.29, 0.717) is 17.2 Å². The van der Waals surface area contributed by atoms with E-state index in [4.69, 9.17) is 11.5 Å². The predicted molar refractivity (Wildman–Crippen MR) is 75.4 cm³/mol. The number of carbonyl (C=O) groups is 1. The van der Waals surface area contributed by atoms with E-state index in [1.54, 1.807) is 12.1 Å². The first-order chi connectivity index (χ1) is 8.06. The predicted octanol–water partition coefficient (Wildman–Crippen LogP) is 1.78. The van der Waals surface area contributed by atoms with E-state index in [1.807, 2.05) is 17.8 Å². The molecule has 5 N–H and O–H groups in total. The first-order valence-electron chi connectivity index (χ1n) is 5.47. The number of rotatable bonds is 6. The van der Waals surface area contributed by atoms with Gasteiger partial charge in [-0.25, -0.2) is 0 Å². The van der Waals surface area contributed by atoms with Crippen molar-refractivity contribution in [1.82, 2.24) is 0 Å². The normalized spacial score (nSPS) is 12.1. The third kappa shape index (κ3) is 3.85. The summed E-state index contributed by atoms with van der Waals surface area (Å²) in [5.41, 5.74) is 12.7. The van der Waals surface area contributed by atoms with E-state index < -0.39 is 5.91 Å². The van der Waals surface area contributed by atoms with Gasteiger partial charge in [-0.3, -0.25) is 4.79 Å². The highest BCUT2D eigenvalue weighted by molar-refractivity contribution is 7.98. The maximum atomic E-state index is 11.1. The second kappa shape index (κ2) is 6.39. The fraction of sp³-hybridized carbons (Fsp3) is 0.417. The lowest BCUT2D eigenvalue weighted by atomic mass is 10.1. The Hall–Kier alpha value is -1.36. The lowest BCUT2D eigenvalue weighted by Crippen LogP contribution is -2.17. The first kappa shape index (κ1) is 13.7. The SMILES string of the molecule is CSCC(C)CNc1cccc(C(N)=O)c1N. The topological polar surface area (TPSA) is 81.1 Å². The maximum Gasteiger partial charge on any atom is 0.250 e. The van der Waals surface area contributed by atoms with E-state index in [0.717, 1.165) is 18.0 Å². The first-order valence-corrected chi connectivity index (χ1v) is 6.86. The molecule has 0 spiro atoms. The summed E-state index contributed by atoms with van der Waals surface area (Å²) < 4.78 is 0. The van der Waals surface area contributed by atoms with Crippen LogP contribution in [0, 0.1) is 5.92 Å². The van der Waals surface area contributed by atoms with Gasteiger partial charge in [0, 0.05) is 6.54 Å². The van der Waals surface area contributed by atoms with Crippen LogP contribution in [-0.2, 0) is 0 Å². The number of carbonyl (C=O) groups excluding carboxylic acids is 1. The number of primary amides is 1. The second-order valence-corrected chi connectivity index (χ2v) is 4.98. The summed E-state index contributed by atoms with van der Waals surface area (Å²) in [5, 5.41) is 3.25. The molecule has 0 bridgehead atoms. The van der Waals surface area contributed by atoms with Crippen LogP contribution in [0.5, 0.6) is 0 Å². The molecule has 0 radical (unpaired) electrons. The third-order valence-electron chi connectivity index (χ3n) is 2.46. The Morgan fingerprint density at radius 1 is 1.53 bits per heavy atom. The van der Waals surface area contributed by atoms with Crippen molar-refractivity contribution >= 4 is 29.0 Å². The molecule has 0 aliphatic carbocycles. The molecule has 1 amide bonds. The monoisotopic (exact) mass is 253 g/mol. The Labute approximate surface area is 106 Å². The van der Waals surface area contributed by atoms with Gasteiger partial charge in [-0.1, -0.05) is 13.0 Å². The minimum Gasteiger partial charge on any atom is -0.396 e. The van der Waals surface area contributed by atoms with Crippen LogP contribution in [0.25, 0.3) is 0 Å². The molecule has 0 heterocycles. The lowest BCUT2D eigenvalue weighted by molar-refractivity contribution is 0.100. The van der Waals surface area contributed by atoms with Crippen LogP contribution < -0.4 is 16.8 Å². The molecular weight excluding hydrogens is 234 g/mol. The number of anilines is 2. The van der Waals surface area contributed by atoms with Crippen molar-refractivity contribution in [2.45, 2.75) is 6.92 Å². The number of amides is 1. The molecule has 0 saturated heterocycles. The molecule has 1 atom stereocenters. The summed E-state index contributed by atoms with van der Waals surface area (Å²) in [5.74, 6) is 1.13. The standard InChI is InChI=1S/C12H19N3OS/c1-8(7-17-2)6-15-10-5-3-4-9(11(10)13)12(14)16/h3-5,8,15H,6-7,13H2,1-2H3,(H2,14,16). The van der Waals surface area contributed by atoms with Crippen molar-refractivity contribution in [3.05, 3.63) is 23.8 Å². The largest absolute Gasteiger partial charge is 0.396 e. The molecule has 1 rings (SSSR count). The molecule has 5 heteroatoms. The number of benzene rings is 1. The van der Waals surface area contributed by atoms with E-state index in [1.165, 1.54) is 0 Å². The van der Waals surface area contributed by atoms with Crippen molar-refractivity contribution in [3.63, 3.8) is 0 Å². The van der Waals surface area contributed by atoms with E-state index in [2.05, 4.69) is 18.5 Å². The molecule has 0 aromatic heterocycles. The summed E-state index contributed by atoms with van der Waals surface area (Å²) in [6.07, 6.45) is 2.08. The Morgan fingerprint density at radius 2 is 2.24 bits per heavy atom. The molecule has 0 aliphatic rings. The van der Waals surface area contributed by atoms with Gasteiger partial charge in [0.2, 0.25) is 0 Å². The average Bonchev–Trinajstić information content (AvgIpc) is 2.27. The molecule has 0 fully saturated rings. The van der Waals surface area contributed by atoms with Crippen molar-refractivity contribution in [2.24, 2.45) is 11.7 Å². The summed E-state index contributed by atoms with van der Waals surface area (Å²) in [6.45, 7) is 2.99. The number of nitrogens with two attached hydrogens (primary N) is 2. The minimum atomic E-state index is -0.497. The number of nitrogens with one attached hydrogen (secondary N) is 1. The van der Waals surface area contributed by atoms with Crippen LogP contribution in [0.15, 0.2) is 18.2 Å². The van der Waals surface area contributed by atoms with E-state index in [-0.39, 0.29) is 0 Å². The molecule has 94 valence electrons. The molecule has 4 nitrogen and oxygen atoms in total. The molecule has 17 heavy (non-hydrogen) atoms. The van der Waals surface area contributed by atoms with Crippen LogP contribution in [-0.4, -0.2) is 24.5 Å². The van der Waals surface area contributed by atoms with Gasteiger partial charge in [-0.05, 0) is 30.1 Å². The van der Waals surface area contributed by atoms with Crippen molar-refractivity contribution < 1.29 is 4.79 Å². The van der Waals surface area contributed by atoms with Gasteiger partial charge in [-0.15, -0.1) is 0 Å². The minimum absolute atomic E-state index is 0.368. The van der Waals surface area contributed by atoms with Crippen LogP contribution in [0.1, 0.15) is 17.3 Å². The van der Waals surface area contributed by atoms with Crippen LogP contribution in [0.3, 0.4) is 0 Å². The fourth-order valence-electron chi connectivity index (χ4n) is 1.56. The highest BCUT2D eigenvalue weighted by atomic mass is 32.2. The van der Waals surface area contributed by atoms with Crippen LogP contribution in [0.4, 0.5) is 11.4 Å². The molecule has 0 aliphatic heterocycles. The van der Waals surface area contributed by atoms with Crippen molar-refractivity contribution in [3.8, 4) is 0 Å². The second-order valence-electron chi connectivity index (χ2n) is 4.07. The van der Waals surface area contributed by atoms with Gasteiger partial charge in [0.1, 0.15) is 0 Å². The third-order valence-corrected chi connectivity index (χ3v) is 3.37. The Morgan fingerprint density at radius 3 is 2.82 bits per heavy atom. The summed E-state index contributed by atoms with van der Waals surface area (Å²) in [7, 11) is 0. The average molecular weight is 253 g/mol. The van der Waals surface area contributed by atoms with Crippen LogP contribution in [0.2, 0.25) is 0 Å². The fourth-order valence-corrected chi connectivity index (χ4v) is 2.25. The summed E-state index contributed by atoms with van der Waals surface area (Å²) >= 11 is 1.81. The van der Waals surface area contributed by atoms with Crippen molar-refractivity contribution in [1.29, 1.82) is 0 Å². The molecule has 1 unspecified atom stereocenters. The van der Waals surface area contributed by atoms with E-state index in [9.17, 15) is 4.79 Å². The Balaban J connectivity index is 2.72. The summed E-state index contributed by atoms with van der Waals surface area (Å²) in [4.78, 5) is 11.1. The summed E-state index contributed by atoms with van der Waals surface area (Å²) in [6, 6.07) is 5.26. The molecule has 1 aromatic rings. The highest BCUT2D eigenvalue weighted by Gasteiger charge is 2.09. The van der Waals surface area contributed by atoms with Gasteiger partial charge in [0.15, 0.2) is 0 Å². The maximum absolute atomic E-state index is 11.1. The molecule has 0 saturated carbocycles. The van der Waals surface area contributed by atoms with Gasteiger partial charge in [-0.2, -0.15) is 11.8 Å². The van der Waals surface area contributed by atoms with Crippen LogP contribution >= 0.6 is 11.8 Å².